The summed E-state index contributed by atoms with van der Waals surface area (Å²) in [6.45, 7) is -0.402. The number of nitrogens with zero attached hydrogens (tertiary/aromatic N) is 1. The van der Waals surface area contributed by atoms with Gasteiger partial charge in [0.15, 0.2) is 0 Å². The van der Waals surface area contributed by atoms with Crippen LogP contribution in [0.3, 0.4) is 0 Å². The fraction of sp³-hybridized carbons (Fsp3) is 0.0625. The lowest BCUT2D eigenvalue weighted by atomic mass is 10.2. The van der Waals surface area contributed by atoms with E-state index in [9.17, 15) is 13.2 Å². The molecule has 3 rings (SSSR count). The first-order chi connectivity index (χ1) is 12.0. The highest BCUT2D eigenvalue weighted by Gasteiger charge is 2.14. The first kappa shape index (κ1) is 17.9. The SMILES string of the molecule is Fc1cc(OCc2c(F)cccc2F)c(Cl)cc1SNc1cscn1. The maximum Gasteiger partial charge on any atom is 0.147 e. The number of halogens is 4. The van der Waals surface area contributed by atoms with Gasteiger partial charge in [0, 0.05) is 11.4 Å². The average Bonchev–Trinajstić information content (AvgIpc) is 3.09. The van der Waals surface area contributed by atoms with Gasteiger partial charge < -0.3 is 9.46 Å². The Morgan fingerprint density at radius 1 is 1.16 bits per heavy atom. The van der Waals surface area contributed by atoms with E-state index in [0.29, 0.717) is 5.82 Å². The van der Waals surface area contributed by atoms with Gasteiger partial charge in [-0.25, -0.2) is 18.2 Å². The van der Waals surface area contributed by atoms with Gasteiger partial charge in [-0.3, -0.25) is 0 Å². The summed E-state index contributed by atoms with van der Waals surface area (Å²) in [5, 5.41) is 1.90. The van der Waals surface area contributed by atoms with Gasteiger partial charge in [0.2, 0.25) is 0 Å². The summed E-state index contributed by atoms with van der Waals surface area (Å²) in [5.41, 5.74) is 1.40. The zero-order chi connectivity index (χ0) is 17.8. The molecule has 0 unspecified atom stereocenters. The van der Waals surface area contributed by atoms with E-state index in [-0.39, 0.29) is 21.2 Å². The summed E-state index contributed by atoms with van der Waals surface area (Å²) >= 11 is 8.48. The lowest BCUT2D eigenvalue weighted by Gasteiger charge is -2.11. The third-order valence-corrected chi connectivity index (χ3v) is 4.84. The second kappa shape index (κ2) is 7.99. The van der Waals surface area contributed by atoms with Crippen molar-refractivity contribution < 1.29 is 17.9 Å². The van der Waals surface area contributed by atoms with Crippen LogP contribution in [-0.4, -0.2) is 4.98 Å². The number of hydrogen-bond acceptors (Lipinski definition) is 5. The van der Waals surface area contributed by atoms with Crippen LogP contribution < -0.4 is 9.46 Å². The van der Waals surface area contributed by atoms with Crippen molar-refractivity contribution >= 4 is 40.7 Å². The molecule has 0 aliphatic rings. The van der Waals surface area contributed by atoms with Crippen LogP contribution in [0.25, 0.3) is 0 Å². The Labute approximate surface area is 154 Å². The molecule has 9 heteroatoms. The van der Waals surface area contributed by atoms with Crippen LogP contribution in [0.5, 0.6) is 5.75 Å². The maximum atomic E-state index is 14.2. The van der Waals surface area contributed by atoms with E-state index in [0.717, 1.165) is 30.1 Å². The van der Waals surface area contributed by atoms with Crippen LogP contribution >= 0.6 is 34.9 Å². The molecule has 0 saturated heterocycles. The van der Waals surface area contributed by atoms with E-state index >= 15 is 0 Å². The molecule has 1 N–H and O–H groups in total. The first-order valence-electron chi connectivity index (χ1n) is 6.90. The largest absolute Gasteiger partial charge is 0.487 e. The minimum Gasteiger partial charge on any atom is -0.487 e. The van der Waals surface area contributed by atoms with Crippen LogP contribution in [0.2, 0.25) is 5.02 Å². The van der Waals surface area contributed by atoms with Gasteiger partial charge in [0.1, 0.15) is 35.6 Å². The Hall–Kier alpha value is -1.90. The quantitative estimate of drug-likeness (QED) is 0.519. The van der Waals surface area contributed by atoms with Crippen molar-refractivity contribution in [3.05, 3.63) is 69.3 Å². The predicted octanol–water partition coefficient (Wildman–Crippen LogP) is 5.91. The molecule has 0 spiro atoms. The molecule has 3 aromatic rings. The third-order valence-electron chi connectivity index (χ3n) is 3.12. The van der Waals surface area contributed by atoms with Crippen molar-refractivity contribution in [2.24, 2.45) is 0 Å². The number of hydrogen-bond donors (Lipinski definition) is 1. The highest BCUT2D eigenvalue weighted by molar-refractivity contribution is 8.00. The second-order valence-electron chi connectivity index (χ2n) is 4.78. The number of anilines is 1. The van der Waals surface area contributed by atoms with Gasteiger partial charge in [-0.15, -0.1) is 11.3 Å². The van der Waals surface area contributed by atoms with Crippen LogP contribution in [0.4, 0.5) is 19.0 Å². The molecule has 0 atom stereocenters. The summed E-state index contributed by atoms with van der Waals surface area (Å²) in [4.78, 5) is 4.25. The molecular formula is C16H10ClF3N2OS2. The van der Waals surface area contributed by atoms with Crippen molar-refractivity contribution in [3.8, 4) is 5.75 Å². The van der Waals surface area contributed by atoms with Crippen molar-refractivity contribution in [2.45, 2.75) is 11.5 Å². The van der Waals surface area contributed by atoms with Gasteiger partial charge in [0.05, 0.1) is 21.0 Å². The first-order valence-corrected chi connectivity index (χ1v) is 9.04. The molecule has 0 fully saturated rings. The summed E-state index contributed by atoms with van der Waals surface area (Å²) < 4.78 is 49.5. The standard InChI is InChI=1S/C16H10ClF3N2OS2/c17-10-4-15(25-22-16-7-24-8-21-16)13(20)5-14(10)23-6-9-11(18)2-1-3-12(9)19/h1-5,7-8,22H,6H2. The normalized spacial score (nSPS) is 10.7. The third kappa shape index (κ3) is 4.39. The average molecular weight is 403 g/mol. The number of aromatic nitrogens is 1. The molecule has 0 aliphatic carbocycles. The molecule has 1 aromatic heterocycles. The molecule has 0 aliphatic heterocycles. The van der Waals surface area contributed by atoms with Crippen molar-refractivity contribution in [1.82, 2.24) is 4.98 Å². The second-order valence-corrected chi connectivity index (χ2v) is 6.75. The van der Waals surface area contributed by atoms with E-state index < -0.39 is 24.1 Å². The molecule has 0 bridgehead atoms. The monoisotopic (exact) mass is 402 g/mol. The summed E-state index contributed by atoms with van der Waals surface area (Å²) in [6, 6.07) is 5.93. The highest BCUT2D eigenvalue weighted by atomic mass is 35.5. The van der Waals surface area contributed by atoms with Crippen molar-refractivity contribution in [1.29, 1.82) is 0 Å². The maximum absolute atomic E-state index is 14.2. The number of rotatable bonds is 6. The summed E-state index contributed by atoms with van der Waals surface area (Å²) in [5.74, 6) is -1.46. The zero-order valence-electron chi connectivity index (χ0n) is 12.4. The van der Waals surface area contributed by atoms with Crippen LogP contribution in [0, 0.1) is 17.5 Å². The molecule has 0 radical (unpaired) electrons. The minimum atomic E-state index is -0.740. The van der Waals surface area contributed by atoms with E-state index in [1.165, 1.54) is 23.5 Å². The van der Waals surface area contributed by atoms with Crippen molar-refractivity contribution in [2.75, 3.05) is 4.72 Å². The van der Waals surface area contributed by atoms with E-state index in [2.05, 4.69) is 9.71 Å². The molecule has 1 heterocycles. The van der Waals surface area contributed by atoms with Gasteiger partial charge >= 0.3 is 0 Å². The van der Waals surface area contributed by atoms with Gasteiger partial charge in [-0.2, -0.15) is 0 Å². The van der Waals surface area contributed by atoms with Crippen LogP contribution in [-0.2, 0) is 6.61 Å². The Morgan fingerprint density at radius 2 is 1.92 bits per heavy atom. The number of ether oxygens (including phenoxy) is 1. The van der Waals surface area contributed by atoms with Gasteiger partial charge in [0.25, 0.3) is 0 Å². The Balaban J connectivity index is 1.71. The minimum absolute atomic E-state index is 0.000159. The fourth-order valence-electron chi connectivity index (χ4n) is 1.89. The molecule has 2 aromatic carbocycles. The van der Waals surface area contributed by atoms with E-state index in [4.69, 9.17) is 16.3 Å². The Kier molecular flexibility index (Phi) is 5.72. The van der Waals surface area contributed by atoms with Gasteiger partial charge in [-0.05, 0) is 30.1 Å². The van der Waals surface area contributed by atoms with E-state index in [1.807, 2.05) is 0 Å². The number of benzene rings is 2. The lowest BCUT2D eigenvalue weighted by molar-refractivity contribution is 0.291. The van der Waals surface area contributed by atoms with Crippen LogP contribution in [0.15, 0.2) is 46.1 Å². The molecule has 0 amide bonds. The molecule has 130 valence electrons. The number of thiazole rings is 1. The van der Waals surface area contributed by atoms with Gasteiger partial charge in [-0.1, -0.05) is 17.7 Å². The van der Waals surface area contributed by atoms with Crippen LogP contribution in [0.1, 0.15) is 5.56 Å². The smallest absolute Gasteiger partial charge is 0.147 e. The molecule has 0 saturated carbocycles. The Morgan fingerprint density at radius 3 is 2.60 bits per heavy atom. The predicted molar refractivity (Wildman–Crippen MR) is 93.7 cm³/mol. The molecular weight excluding hydrogens is 393 g/mol. The summed E-state index contributed by atoms with van der Waals surface area (Å²) in [7, 11) is 0. The van der Waals surface area contributed by atoms with E-state index in [1.54, 1.807) is 10.9 Å². The lowest BCUT2D eigenvalue weighted by Crippen LogP contribution is -2.02. The highest BCUT2D eigenvalue weighted by Crippen LogP contribution is 2.33. The molecule has 25 heavy (non-hydrogen) atoms. The topological polar surface area (TPSA) is 34.1 Å². The Bertz CT molecular complexity index is 858. The zero-order valence-corrected chi connectivity index (χ0v) is 14.8. The summed E-state index contributed by atoms with van der Waals surface area (Å²) in [6.07, 6.45) is 0. The van der Waals surface area contributed by atoms with Crippen molar-refractivity contribution in [3.63, 3.8) is 0 Å². The number of nitrogens with one attached hydrogen (secondary N) is 1. The molecule has 3 nitrogen and oxygen atoms in total. The fourth-order valence-corrected chi connectivity index (χ4v) is 3.39.